The molecule has 2 aliphatic heterocycles. The second-order valence-electron chi connectivity index (χ2n) is 5.06. The molecule has 0 amide bonds. The Labute approximate surface area is 91.6 Å². The van der Waals surface area contributed by atoms with Crippen LogP contribution in [0.5, 0.6) is 0 Å². The van der Waals surface area contributed by atoms with Crippen molar-refractivity contribution in [1.82, 2.24) is 4.90 Å². The van der Waals surface area contributed by atoms with Crippen molar-refractivity contribution in [1.29, 1.82) is 0 Å². The topological polar surface area (TPSA) is 29.3 Å². The van der Waals surface area contributed by atoms with E-state index in [-0.39, 0.29) is 0 Å². The summed E-state index contributed by atoms with van der Waals surface area (Å²) >= 11 is 2.08. The van der Waals surface area contributed by atoms with Crippen LogP contribution in [0.2, 0.25) is 0 Å². The summed E-state index contributed by atoms with van der Waals surface area (Å²) < 4.78 is 0. The van der Waals surface area contributed by atoms with Crippen LogP contribution >= 0.6 is 11.8 Å². The van der Waals surface area contributed by atoms with Crippen molar-refractivity contribution >= 4 is 11.8 Å². The normalized spacial score (nSPS) is 44.8. The van der Waals surface area contributed by atoms with Gasteiger partial charge in [0.1, 0.15) is 0 Å². The van der Waals surface area contributed by atoms with Crippen LogP contribution < -0.4 is 5.73 Å². The van der Waals surface area contributed by atoms with E-state index >= 15 is 0 Å². The van der Waals surface area contributed by atoms with Gasteiger partial charge in [0, 0.05) is 24.4 Å². The van der Waals surface area contributed by atoms with Gasteiger partial charge in [0.25, 0.3) is 0 Å². The average molecular weight is 214 g/mol. The van der Waals surface area contributed by atoms with E-state index in [2.05, 4.69) is 30.5 Å². The number of nitrogens with zero attached hydrogens (tertiary/aromatic N) is 1. The number of rotatable bonds is 2. The van der Waals surface area contributed by atoms with Crippen LogP contribution in [0.25, 0.3) is 0 Å². The van der Waals surface area contributed by atoms with Crippen molar-refractivity contribution in [2.75, 3.05) is 31.1 Å². The van der Waals surface area contributed by atoms with E-state index in [1.165, 1.54) is 31.0 Å². The fraction of sp³-hybridized carbons (Fsp3) is 1.00. The molecule has 2 N–H and O–H groups in total. The molecule has 2 saturated heterocycles. The van der Waals surface area contributed by atoms with E-state index in [0.717, 1.165) is 18.4 Å². The Morgan fingerprint density at radius 3 is 2.71 bits per heavy atom. The van der Waals surface area contributed by atoms with Gasteiger partial charge in [-0.25, -0.2) is 0 Å². The first-order valence-corrected chi connectivity index (χ1v) is 6.87. The summed E-state index contributed by atoms with van der Waals surface area (Å²) in [6, 6.07) is 0. The minimum absolute atomic E-state index is 0.329. The quantitative estimate of drug-likeness (QED) is 0.753. The molecule has 2 fully saturated rings. The van der Waals surface area contributed by atoms with Crippen LogP contribution in [0.15, 0.2) is 0 Å². The van der Waals surface area contributed by atoms with Crippen LogP contribution in [0, 0.1) is 11.8 Å². The first-order valence-electron chi connectivity index (χ1n) is 5.72. The molecule has 0 aromatic heterocycles. The Kier molecular flexibility index (Phi) is 3.10. The predicted octanol–water partition coefficient (Wildman–Crippen LogP) is 1.41. The Morgan fingerprint density at radius 2 is 2.29 bits per heavy atom. The molecule has 0 saturated carbocycles. The van der Waals surface area contributed by atoms with Gasteiger partial charge in [-0.05, 0) is 30.6 Å². The Hall–Kier alpha value is 0.270. The van der Waals surface area contributed by atoms with Gasteiger partial charge >= 0.3 is 0 Å². The van der Waals surface area contributed by atoms with E-state index in [4.69, 9.17) is 5.73 Å². The average Bonchev–Trinajstić information content (AvgIpc) is 2.73. The minimum atomic E-state index is 0.329. The number of likely N-dealkylation sites (tertiary alicyclic amines) is 1. The lowest BCUT2D eigenvalue weighted by Gasteiger charge is -2.41. The van der Waals surface area contributed by atoms with Crippen molar-refractivity contribution in [3.8, 4) is 0 Å². The zero-order valence-corrected chi connectivity index (χ0v) is 10.1. The molecule has 2 rings (SSSR count). The molecule has 2 heterocycles. The lowest BCUT2D eigenvalue weighted by molar-refractivity contribution is 0.104. The molecule has 3 heteroatoms. The first-order chi connectivity index (χ1) is 6.69. The molecule has 0 radical (unpaired) electrons. The summed E-state index contributed by atoms with van der Waals surface area (Å²) in [5.41, 5.74) is 6.36. The van der Waals surface area contributed by atoms with Crippen molar-refractivity contribution in [2.24, 2.45) is 17.6 Å². The molecular formula is C11H22N2S. The van der Waals surface area contributed by atoms with Gasteiger partial charge in [0.2, 0.25) is 0 Å². The summed E-state index contributed by atoms with van der Waals surface area (Å²) in [7, 11) is 0. The molecule has 3 unspecified atom stereocenters. The molecule has 14 heavy (non-hydrogen) atoms. The largest absolute Gasteiger partial charge is 0.329 e. The van der Waals surface area contributed by atoms with Gasteiger partial charge in [-0.1, -0.05) is 13.8 Å². The fourth-order valence-electron chi connectivity index (χ4n) is 2.84. The third kappa shape index (κ3) is 1.59. The van der Waals surface area contributed by atoms with Gasteiger partial charge < -0.3 is 5.73 Å². The second-order valence-corrected chi connectivity index (χ2v) is 6.09. The van der Waals surface area contributed by atoms with Gasteiger partial charge in [-0.3, -0.25) is 4.90 Å². The van der Waals surface area contributed by atoms with Gasteiger partial charge in [0.15, 0.2) is 0 Å². The van der Waals surface area contributed by atoms with Gasteiger partial charge in [-0.15, -0.1) is 0 Å². The monoisotopic (exact) mass is 214 g/mol. The smallest absolute Gasteiger partial charge is 0.0455 e. The summed E-state index contributed by atoms with van der Waals surface area (Å²) in [5, 5.41) is 0. The van der Waals surface area contributed by atoms with Gasteiger partial charge in [0.05, 0.1) is 0 Å². The molecule has 0 aromatic rings. The molecule has 82 valence electrons. The third-order valence-electron chi connectivity index (χ3n) is 4.04. The molecule has 0 spiro atoms. The predicted molar refractivity (Wildman–Crippen MR) is 63.6 cm³/mol. The molecular weight excluding hydrogens is 192 g/mol. The molecule has 2 aliphatic rings. The SMILES string of the molecule is CC1CCN(C2(CN)CSCC2C)C1. The van der Waals surface area contributed by atoms with E-state index in [1.807, 2.05) is 0 Å². The maximum absolute atomic E-state index is 6.03. The Morgan fingerprint density at radius 1 is 1.50 bits per heavy atom. The number of thioether (sulfide) groups is 1. The first kappa shape index (κ1) is 10.8. The van der Waals surface area contributed by atoms with E-state index in [9.17, 15) is 0 Å². The highest BCUT2D eigenvalue weighted by Gasteiger charge is 2.46. The fourth-order valence-corrected chi connectivity index (χ4v) is 4.56. The van der Waals surface area contributed by atoms with E-state index in [0.29, 0.717) is 5.54 Å². The van der Waals surface area contributed by atoms with E-state index in [1.54, 1.807) is 0 Å². The van der Waals surface area contributed by atoms with Crippen LogP contribution in [0.4, 0.5) is 0 Å². The minimum Gasteiger partial charge on any atom is -0.329 e. The summed E-state index contributed by atoms with van der Waals surface area (Å²) in [4.78, 5) is 2.67. The number of hydrogen-bond donors (Lipinski definition) is 1. The van der Waals surface area contributed by atoms with Crippen molar-refractivity contribution < 1.29 is 0 Å². The molecule has 2 nitrogen and oxygen atoms in total. The van der Waals surface area contributed by atoms with Crippen LogP contribution in [0.1, 0.15) is 20.3 Å². The van der Waals surface area contributed by atoms with E-state index < -0.39 is 0 Å². The lowest BCUT2D eigenvalue weighted by atomic mass is 9.87. The van der Waals surface area contributed by atoms with Crippen molar-refractivity contribution in [3.63, 3.8) is 0 Å². The maximum Gasteiger partial charge on any atom is 0.0455 e. The lowest BCUT2D eigenvalue weighted by Crippen LogP contribution is -2.57. The van der Waals surface area contributed by atoms with Crippen LogP contribution in [-0.2, 0) is 0 Å². The van der Waals surface area contributed by atoms with Crippen LogP contribution in [0.3, 0.4) is 0 Å². The number of hydrogen-bond acceptors (Lipinski definition) is 3. The zero-order chi connectivity index (χ0) is 10.2. The Bertz CT molecular complexity index is 209. The Balaban J connectivity index is 2.11. The van der Waals surface area contributed by atoms with Crippen molar-refractivity contribution in [2.45, 2.75) is 25.8 Å². The molecule has 0 bridgehead atoms. The molecule has 3 atom stereocenters. The highest BCUT2D eigenvalue weighted by atomic mass is 32.2. The molecule has 0 aromatic carbocycles. The number of nitrogens with two attached hydrogens (primary N) is 1. The highest BCUT2D eigenvalue weighted by molar-refractivity contribution is 7.99. The highest BCUT2D eigenvalue weighted by Crippen LogP contribution is 2.39. The second kappa shape index (κ2) is 4.03. The van der Waals surface area contributed by atoms with Crippen LogP contribution in [-0.4, -0.2) is 41.6 Å². The zero-order valence-electron chi connectivity index (χ0n) is 9.33. The summed E-state index contributed by atoms with van der Waals surface area (Å²) in [5.74, 6) is 4.18. The maximum atomic E-state index is 6.03. The van der Waals surface area contributed by atoms with Gasteiger partial charge in [-0.2, -0.15) is 11.8 Å². The van der Waals surface area contributed by atoms with Crippen molar-refractivity contribution in [3.05, 3.63) is 0 Å². The third-order valence-corrected chi connectivity index (χ3v) is 5.48. The molecule has 0 aliphatic carbocycles. The standard InChI is InChI=1S/C11H22N2S/c1-9-3-4-13(5-9)11(7-12)8-14-6-10(11)2/h9-10H,3-8,12H2,1-2H3. The summed E-state index contributed by atoms with van der Waals surface area (Å²) in [6.45, 7) is 8.10. The summed E-state index contributed by atoms with van der Waals surface area (Å²) in [6.07, 6.45) is 1.36.